The fourth-order valence-corrected chi connectivity index (χ4v) is 3.60. The van der Waals surface area contributed by atoms with E-state index < -0.39 is 15.8 Å². The van der Waals surface area contributed by atoms with Crippen molar-refractivity contribution in [3.05, 3.63) is 65.7 Å². The Morgan fingerprint density at radius 3 is 2.13 bits per heavy atom. The molecule has 0 spiro atoms. The lowest BCUT2D eigenvalue weighted by Crippen LogP contribution is -2.08. The summed E-state index contributed by atoms with van der Waals surface area (Å²) in [6.07, 6.45) is 0. The van der Waals surface area contributed by atoms with Crippen LogP contribution in [0.3, 0.4) is 0 Å². The normalized spacial score (nSPS) is 12.6. The second-order valence-corrected chi connectivity index (χ2v) is 7.32. The summed E-state index contributed by atoms with van der Waals surface area (Å²) in [5.41, 5.74) is 1.50. The predicted octanol–water partition coefficient (Wildman–Crippen LogP) is 3.50. The van der Waals surface area contributed by atoms with Crippen molar-refractivity contribution >= 4 is 27.0 Å². The number of aliphatic carboxylic acids is 1. The molecule has 0 aliphatic heterocycles. The Kier molecular flexibility index (Phi) is 5.01. The Bertz CT molecular complexity index is 850. The zero-order chi connectivity index (χ0) is 17.0. The van der Waals surface area contributed by atoms with E-state index in [1.807, 2.05) is 0 Å². The third-order valence-electron chi connectivity index (χ3n) is 3.66. The van der Waals surface area contributed by atoms with Gasteiger partial charge in [0.1, 0.15) is 0 Å². The first kappa shape index (κ1) is 17.0. The molecule has 2 aromatic carbocycles. The van der Waals surface area contributed by atoms with Crippen LogP contribution in [0.4, 0.5) is 0 Å². The quantitative estimate of drug-likeness (QED) is 0.673. The minimum Gasteiger partial charge on any atom is -0.478 e. The van der Waals surface area contributed by atoms with Gasteiger partial charge in [0.05, 0.1) is 16.2 Å². The van der Waals surface area contributed by atoms with Gasteiger partial charge in [-0.2, -0.15) is 0 Å². The van der Waals surface area contributed by atoms with Gasteiger partial charge in [-0.05, 0) is 29.7 Å². The Morgan fingerprint density at radius 1 is 1.00 bits per heavy atom. The van der Waals surface area contributed by atoms with Gasteiger partial charge in [-0.3, -0.25) is 0 Å². The van der Waals surface area contributed by atoms with Crippen molar-refractivity contribution in [1.82, 2.24) is 0 Å². The summed E-state index contributed by atoms with van der Waals surface area (Å²) in [7, 11) is -3.44. The molecule has 0 bridgehead atoms. The average molecular weight is 330 g/mol. The molecule has 0 aliphatic carbocycles. The van der Waals surface area contributed by atoms with E-state index in [9.17, 15) is 18.3 Å². The molecule has 5 heteroatoms. The van der Waals surface area contributed by atoms with Crippen LogP contribution in [0, 0.1) is 0 Å². The van der Waals surface area contributed by atoms with E-state index in [2.05, 4.69) is 0 Å². The number of carboxylic acid groups (broad SMARTS) is 1. The maximum Gasteiger partial charge on any atom is 0.336 e. The molecular formula is C18H18O4S. The van der Waals surface area contributed by atoms with Gasteiger partial charge in [0, 0.05) is 0 Å². The van der Waals surface area contributed by atoms with Crippen LogP contribution in [0.25, 0.3) is 11.1 Å². The van der Waals surface area contributed by atoms with Gasteiger partial charge in [0.25, 0.3) is 0 Å². The SMILES string of the molecule is CCS(=O)(=O)c1ccccc1/C(C)=C(/C(=O)O)c1ccccc1. The number of carboxylic acids is 1. The van der Waals surface area contributed by atoms with Crippen molar-refractivity contribution in [3.8, 4) is 0 Å². The summed E-state index contributed by atoms with van der Waals surface area (Å²) < 4.78 is 24.6. The lowest BCUT2D eigenvalue weighted by atomic mass is 9.96. The summed E-state index contributed by atoms with van der Waals surface area (Å²) in [5, 5.41) is 9.60. The van der Waals surface area contributed by atoms with Crippen LogP contribution in [-0.4, -0.2) is 25.2 Å². The highest BCUT2D eigenvalue weighted by molar-refractivity contribution is 7.91. The molecule has 4 nitrogen and oxygen atoms in total. The number of rotatable bonds is 5. The molecule has 0 saturated heterocycles. The van der Waals surface area contributed by atoms with Crippen LogP contribution >= 0.6 is 0 Å². The van der Waals surface area contributed by atoms with Crippen molar-refractivity contribution in [2.75, 3.05) is 5.75 Å². The third kappa shape index (κ3) is 3.51. The van der Waals surface area contributed by atoms with Crippen LogP contribution in [0.5, 0.6) is 0 Å². The van der Waals surface area contributed by atoms with Crippen molar-refractivity contribution < 1.29 is 18.3 Å². The largest absolute Gasteiger partial charge is 0.478 e. The second kappa shape index (κ2) is 6.79. The van der Waals surface area contributed by atoms with E-state index in [0.717, 1.165) is 0 Å². The Labute approximate surface area is 136 Å². The Balaban J connectivity index is 2.76. The van der Waals surface area contributed by atoms with Crippen LogP contribution in [0.15, 0.2) is 59.5 Å². The van der Waals surface area contributed by atoms with Crippen LogP contribution in [0.1, 0.15) is 25.0 Å². The highest BCUT2D eigenvalue weighted by Gasteiger charge is 2.21. The summed E-state index contributed by atoms with van der Waals surface area (Å²) in [6, 6.07) is 15.2. The molecule has 1 N–H and O–H groups in total. The fourth-order valence-electron chi connectivity index (χ4n) is 2.44. The van der Waals surface area contributed by atoms with E-state index >= 15 is 0 Å². The Hall–Kier alpha value is -2.40. The fraction of sp³-hybridized carbons (Fsp3) is 0.167. The number of allylic oxidation sites excluding steroid dienone is 1. The number of benzene rings is 2. The minimum atomic E-state index is -3.44. The summed E-state index contributed by atoms with van der Waals surface area (Å²) in [6.45, 7) is 3.21. The number of carbonyl (C=O) groups is 1. The monoisotopic (exact) mass is 330 g/mol. The van der Waals surface area contributed by atoms with E-state index in [1.54, 1.807) is 62.4 Å². The van der Waals surface area contributed by atoms with Gasteiger partial charge in [-0.15, -0.1) is 0 Å². The zero-order valence-corrected chi connectivity index (χ0v) is 13.8. The molecule has 0 heterocycles. The molecule has 0 fully saturated rings. The lowest BCUT2D eigenvalue weighted by Gasteiger charge is -2.13. The van der Waals surface area contributed by atoms with Crippen LogP contribution in [0.2, 0.25) is 0 Å². The molecule has 0 saturated carbocycles. The highest BCUT2D eigenvalue weighted by atomic mass is 32.2. The van der Waals surface area contributed by atoms with Crippen LogP contribution < -0.4 is 0 Å². The zero-order valence-electron chi connectivity index (χ0n) is 13.0. The van der Waals surface area contributed by atoms with Crippen LogP contribution in [-0.2, 0) is 14.6 Å². The molecule has 0 radical (unpaired) electrons. The summed E-state index contributed by atoms with van der Waals surface area (Å²) in [5.74, 6) is -1.12. The third-order valence-corrected chi connectivity index (χ3v) is 5.44. The maximum absolute atomic E-state index is 12.3. The van der Waals surface area contributed by atoms with E-state index in [1.165, 1.54) is 6.07 Å². The first-order valence-corrected chi connectivity index (χ1v) is 8.85. The molecule has 0 aromatic heterocycles. The Morgan fingerprint density at radius 2 is 1.57 bits per heavy atom. The second-order valence-electron chi connectivity index (χ2n) is 5.07. The molecule has 120 valence electrons. The van der Waals surface area contributed by atoms with Crippen molar-refractivity contribution in [1.29, 1.82) is 0 Å². The topological polar surface area (TPSA) is 71.4 Å². The number of hydrogen-bond acceptors (Lipinski definition) is 3. The molecule has 2 rings (SSSR count). The van der Waals surface area contributed by atoms with Gasteiger partial charge < -0.3 is 5.11 Å². The molecule has 23 heavy (non-hydrogen) atoms. The van der Waals surface area contributed by atoms with Crippen molar-refractivity contribution in [2.24, 2.45) is 0 Å². The molecule has 0 unspecified atom stereocenters. The van der Waals surface area contributed by atoms with Gasteiger partial charge in [0.15, 0.2) is 9.84 Å². The standard InChI is InChI=1S/C18H18O4S/c1-3-23(21,22)16-12-8-7-11-15(16)13(2)17(18(19)20)14-9-5-4-6-10-14/h4-12H,3H2,1-2H3,(H,19,20)/b17-13+. The summed E-state index contributed by atoms with van der Waals surface area (Å²) >= 11 is 0. The van der Waals surface area contributed by atoms with Gasteiger partial charge in [0.2, 0.25) is 0 Å². The predicted molar refractivity (Wildman–Crippen MR) is 90.7 cm³/mol. The van der Waals surface area contributed by atoms with E-state index in [-0.39, 0.29) is 16.2 Å². The molecule has 0 atom stereocenters. The molecule has 2 aromatic rings. The first-order valence-electron chi connectivity index (χ1n) is 7.20. The van der Waals surface area contributed by atoms with E-state index in [0.29, 0.717) is 16.7 Å². The van der Waals surface area contributed by atoms with Crippen molar-refractivity contribution in [2.45, 2.75) is 18.7 Å². The average Bonchev–Trinajstić information content (AvgIpc) is 2.55. The smallest absolute Gasteiger partial charge is 0.336 e. The summed E-state index contributed by atoms with van der Waals surface area (Å²) in [4.78, 5) is 11.9. The lowest BCUT2D eigenvalue weighted by molar-refractivity contribution is -0.130. The number of sulfone groups is 1. The highest BCUT2D eigenvalue weighted by Crippen LogP contribution is 2.30. The van der Waals surface area contributed by atoms with Gasteiger partial charge in [-0.1, -0.05) is 55.5 Å². The van der Waals surface area contributed by atoms with Gasteiger partial charge >= 0.3 is 5.97 Å². The maximum atomic E-state index is 12.3. The number of hydrogen-bond donors (Lipinski definition) is 1. The van der Waals surface area contributed by atoms with Gasteiger partial charge in [-0.25, -0.2) is 13.2 Å². The van der Waals surface area contributed by atoms with E-state index in [4.69, 9.17) is 0 Å². The first-order chi connectivity index (χ1) is 10.9. The molecular weight excluding hydrogens is 312 g/mol. The van der Waals surface area contributed by atoms with Crippen molar-refractivity contribution in [3.63, 3.8) is 0 Å². The molecule has 0 aliphatic rings. The molecule has 0 amide bonds. The minimum absolute atomic E-state index is 0.0367.